The van der Waals surface area contributed by atoms with Crippen molar-refractivity contribution in [3.05, 3.63) is 0 Å². The Balaban J connectivity index is 3.57. The highest BCUT2D eigenvalue weighted by atomic mass is 31.2. The van der Waals surface area contributed by atoms with Gasteiger partial charge in [0.25, 0.3) is 0 Å². The van der Waals surface area contributed by atoms with Crippen LogP contribution in [0.4, 0.5) is 0 Å². The summed E-state index contributed by atoms with van der Waals surface area (Å²) in [5, 5.41) is 0. The first-order chi connectivity index (χ1) is 13.4. The van der Waals surface area contributed by atoms with Crippen molar-refractivity contribution in [2.45, 2.75) is 91.9 Å². The molecule has 28 heavy (non-hydrogen) atoms. The Labute approximate surface area is 173 Å². The van der Waals surface area contributed by atoms with Crippen LogP contribution in [0, 0.1) is 0 Å². The molecule has 0 aliphatic rings. The largest absolute Gasteiger partial charge is 0.330 e. The normalized spacial score (nSPS) is 12.6. The average molecular weight is 443 g/mol. The van der Waals surface area contributed by atoms with Crippen molar-refractivity contribution >= 4 is 15.2 Å². The second-order valence-electron chi connectivity index (χ2n) is 6.88. The lowest BCUT2D eigenvalue weighted by Crippen LogP contribution is -2.00. The molecular weight excluding hydrogens is 398 g/mol. The maximum atomic E-state index is 12.3. The van der Waals surface area contributed by atoms with E-state index in [0.717, 1.165) is 25.7 Å². The fourth-order valence-corrected chi connectivity index (χ4v) is 6.61. The highest BCUT2D eigenvalue weighted by Crippen LogP contribution is 2.49. The van der Waals surface area contributed by atoms with Gasteiger partial charge >= 0.3 is 15.2 Å². The Hall–Kier alpha value is 0.300. The maximum Gasteiger partial charge on any atom is 0.330 e. The van der Waals surface area contributed by atoms with Gasteiger partial charge in [0.2, 0.25) is 0 Å². The van der Waals surface area contributed by atoms with E-state index in [2.05, 4.69) is 0 Å². The highest BCUT2D eigenvalue weighted by Gasteiger charge is 2.23. The summed E-state index contributed by atoms with van der Waals surface area (Å²) in [6.07, 6.45) is 12.3. The summed E-state index contributed by atoms with van der Waals surface area (Å²) in [4.78, 5) is 0. The summed E-state index contributed by atoms with van der Waals surface area (Å²) in [5.41, 5.74) is 0. The molecule has 0 N–H and O–H groups in total. The van der Waals surface area contributed by atoms with Crippen LogP contribution in [0.3, 0.4) is 0 Å². The number of rotatable bonds is 21. The molecule has 0 aliphatic carbocycles. The van der Waals surface area contributed by atoms with E-state index in [4.69, 9.17) is 18.1 Å². The molecule has 0 spiro atoms. The fourth-order valence-electron chi connectivity index (χ4n) is 3.14. The van der Waals surface area contributed by atoms with E-state index in [1.807, 2.05) is 27.7 Å². The monoisotopic (exact) mass is 442 g/mol. The van der Waals surface area contributed by atoms with Crippen LogP contribution in [0.25, 0.3) is 0 Å². The maximum absolute atomic E-state index is 12.3. The number of hydrogen-bond donors (Lipinski definition) is 0. The van der Waals surface area contributed by atoms with Gasteiger partial charge in [-0.25, -0.2) is 0 Å². The molecular formula is C20H44O6P2. The molecule has 0 bridgehead atoms. The molecule has 0 aromatic rings. The van der Waals surface area contributed by atoms with Crippen LogP contribution in [0.1, 0.15) is 91.9 Å². The van der Waals surface area contributed by atoms with Crippen LogP contribution >= 0.6 is 15.2 Å². The van der Waals surface area contributed by atoms with Crippen molar-refractivity contribution in [3.63, 3.8) is 0 Å². The standard InChI is InChI=1S/C20H44O6P2/c1-5-23-27(21,24-6-2)19-17-15-13-11-9-10-12-14-16-18-20-28(22,25-7-3)26-8-4/h5-20H2,1-4H3. The molecule has 6 nitrogen and oxygen atoms in total. The lowest BCUT2D eigenvalue weighted by atomic mass is 10.1. The molecule has 0 rings (SSSR count). The van der Waals surface area contributed by atoms with Gasteiger partial charge in [-0.1, -0.05) is 51.4 Å². The van der Waals surface area contributed by atoms with Crippen LogP contribution in [0.15, 0.2) is 0 Å². The predicted octanol–water partition coefficient (Wildman–Crippen LogP) is 7.42. The van der Waals surface area contributed by atoms with Crippen LogP contribution in [0.5, 0.6) is 0 Å². The Kier molecular flexibility index (Phi) is 18.3. The lowest BCUT2D eigenvalue weighted by Gasteiger charge is -2.16. The molecule has 0 aromatic carbocycles. The molecule has 0 heterocycles. The molecule has 8 heteroatoms. The van der Waals surface area contributed by atoms with Crippen molar-refractivity contribution in [2.75, 3.05) is 38.8 Å². The van der Waals surface area contributed by atoms with Gasteiger partial charge < -0.3 is 18.1 Å². The Morgan fingerprint density at radius 3 is 0.857 bits per heavy atom. The minimum Gasteiger partial charge on any atom is -0.309 e. The molecule has 170 valence electrons. The lowest BCUT2D eigenvalue weighted by molar-refractivity contribution is 0.218. The summed E-state index contributed by atoms with van der Waals surface area (Å²) in [7, 11) is -5.71. The van der Waals surface area contributed by atoms with Crippen LogP contribution in [-0.4, -0.2) is 38.8 Å². The summed E-state index contributed by atoms with van der Waals surface area (Å²) >= 11 is 0. The molecule has 0 amide bonds. The second-order valence-corrected chi connectivity index (χ2v) is 11.2. The van der Waals surface area contributed by atoms with E-state index in [9.17, 15) is 9.13 Å². The van der Waals surface area contributed by atoms with E-state index in [1.54, 1.807) is 0 Å². The van der Waals surface area contributed by atoms with Crippen molar-refractivity contribution < 1.29 is 27.2 Å². The van der Waals surface area contributed by atoms with Crippen LogP contribution in [0.2, 0.25) is 0 Å². The third kappa shape index (κ3) is 15.2. The van der Waals surface area contributed by atoms with Crippen LogP contribution < -0.4 is 0 Å². The van der Waals surface area contributed by atoms with E-state index in [1.165, 1.54) is 38.5 Å². The molecule has 0 aliphatic heterocycles. The van der Waals surface area contributed by atoms with Gasteiger partial charge in [-0.05, 0) is 40.5 Å². The summed E-state index contributed by atoms with van der Waals surface area (Å²) in [6.45, 7) is 9.14. The molecule has 0 saturated carbocycles. The third-order valence-corrected chi connectivity index (χ3v) is 8.75. The quantitative estimate of drug-likeness (QED) is 0.136. The Morgan fingerprint density at radius 2 is 0.643 bits per heavy atom. The predicted molar refractivity (Wildman–Crippen MR) is 118 cm³/mol. The molecule has 0 aromatic heterocycles. The zero-order valence-corrected chi connectivity index (χ0v) is 20.4. The number of unbranched alkanes of at least 4 members (excludes halogenated alkanes) is 9. The van der Waals surface area contributed by atoms with Gasteiger partial charge in [-0.2, -0.15) is 0 Å². The van der Waals surface area contributed by atoms with Gasteiger partial charge in [0, 0.05) is 0 Å². The van der Waals surface area contributed by atoms with Crippen molar-refractivity contribution in [1.82, 2.24) is 0 Å². The average Bonchev–Trinajstić information content (AvgIpc) is 2.63. The Morgan fingerprint density at radius 1 is 0.429 bits per heavy atom. The third-order valence-electron chi connectivity index (χ3n) is 4.42. The highest BCUT2D eigenvalue weighted by molar-refractivity contribution is 7.54. The van der Waals surface area contributed by atoms with Gasteiger partial charge in [0.1, 0.15) is 0 Å². The summed E-state index contributed by atoms with van der Waals surface area (Å²) in [6, 6.07) is 0. The topological polar surface area (TPSA) is 71.1 Å². The van der Waals surface area contributed by atoms with Gasteiger partial charge in [-0.15, -0.1) is 0 Å². The first-order valence-electron chi connectivity index (χ1n) is 11.2. The summed E-state index contributed by atoms with van der Waals surface area (Å²) < 4.78 is 45.9. The van der Waals surface area contributed by atoms with Crippen LogP contribution in [-0.2, 0) is 27.2 Å². The smallest absolute Gasteiger partial charge is 0.309 e. The van der Waals surface area contributed by atoms with E-state index < -0.39 is 15.2 Å². The Bertz CT molecular complexity index is 384. The first-order valence-corrected chi connectivity index (χ1v) is 14.7. The van der Waals surface area contributed by atoms with E-state index in [0.29, 0.717) is 38.8 Å². The molecule has 0 unspecified atom stereocenters. The molecule has 0 radical (unpaired) electrons. The van der Waals surface area contributed by atoms with E-state index >= 15 is 0 Å². The minimum atomic E-state index is -2.86. The first kappa shape index (κ1) is 28.3. The van der Waals surface area contributed by atoms with Gasteiger partial charge in [0.15, 0.2) is 0 Å². The van der Waals surface area contributed by atoms with Gasteiger partial charge in [0.05, 0.1) is 38.8 Å². The fraction of sp³-hybridized carbons (Fsp3) is 1.00. The zero-order chi connectivity index (χ0) is 21.1. The molecule has 0 saturated heterocycles. The minimum absolute atomic E-state index is 0.437. The SMILES string of the molecule is CCOP(=O)(CCCCCCCCCCCCP(=O)(OCC)OCC)OCC. The van der Waals surface area contributed by atoms with Gasteiger partial charge in [-0.3, -0.25) is 9.13 Å². The van der Waals surface area contributed by atoms with E-state index in [-0.39, 0.29) is 0 Å². The second kappa shape index (κ2) is 18.1. The summed E-state index contributed by atoms with van der Waals surface area (Å²) in [5.74, 6) is 0. The van der Waals surface area contributed by atoms with Crippen molar-refractivity contribution in [1.29, 1.82) is 0 Å². The van der Waals surface area contributed by atoms with Crippen molar-refractivity contribution in [2.24, 2.45) is 0 Å². The molecule has 0 atom stereocenters. The number of hydrogen-bond acceptors (Lipinski definition) is 6. The van der Waals surface area contributed by atoms with Crippen molar-refractivity contribution in [3.8, 4) is 0 Å². The zero-order valence-electron chi connectivity index (χ0n) is 18.7. The molecule has 0 fully saturated rings.